The molecule has 2 heterocycles. The van der Waals surface area contributed by atoms with Gasteiger partial charge in [0.15, 0.2) is 0 Å². The van der Waals surface area contributed by atoms with Crippen LogP contribution in [0.1, 0.15) is 18.1 Å². The van der Waals surface area contributed by atoms with Crippen LogP contribution in [0.5, 0.6) is 0 Å². The van der Waals surface area contributed by atoms with Gasteiger partial charge in [-0.2, -0.15) is 0 Å². The summed E-state index contributed by atoms with van der Waals surface area (Å²) in [6, 6.07) is 62.0. The van der Waals surface area contributed by atoms with Gasteiger partial charge in [-0.15, -0.1) is 0 Å². The van der Waals surface area contributed by atoms with Crippen LogP contribution in [0.15, 0.2) is 185 Å². The third-order valence-electron chi connectivity index (χ3n) is 10.8. The second-order valence-corrected chi connectivity index (χ2v) is 14.5. The first kappa shape index (κ1) is 32.9. The first-order valence-corrected chi connectivity index (χ1v) is 19.0. The zero-order chi connectivity index (χ0) is 37.0. The van der Waals surface area contributed by atoms with Crippen LogP contribution in [0.3, 0.4) is 0 Å². The third kappa shape index (κ3) is 5.55. The fraction of sp³-hybridized carbons (Fsp3) is 0.0392. The molecule has 0 atom stereocenters. The topological polar surface area (TPSA) is 28.7 Å². The number of nitrogens with zero attached hydrogens (tertiary/aromatic N) is 2. The molecule has 0 bridgehead atoms. The van der Waals surface area contributed by atoms with E-state index < -0.39 is 0 Å². The van der Waals surface area contributed by atoms with E-state index in [4.69, 9.17) is 21.0 Å². The Hall–Kier alpha value is -6.68. The molecule has 0 saturated heterocycles. The first-order chi connectivity index (χ1) is 27.0. The number of hydrogen-bond acceptors (Lipinski definition) is 3. The lowest BCUT2D eigenvalue weighted by molar-refractivity contribution is 0.669. The van der Waals surface area contributed by atoms with Gasteiger partial charge in [-0.3, -0.25) is 4.99 Å². The SMILES string of the molecule is CC(=Nc1ccccc1C)c1ccc(-c2ccc3c(c2)-c2ccccc2-c2cccc(-c4cccc5oc6ccccc6c45)c2N3c2ccccc2Cl)cc1. The van der Waals surface area contributed by atoms with Gasteiger partial charge in [-0.05, 0) is 95.3 Å². The molecule has 3 nitrogen and oxygen atoms in total. The Balaban J connectivity index is 1.18. The minimum Gasteiger partial charge on any atom is -0.456 e. The summed E-state index contributed by atoms with van der Waals surface area (Å²) in [7, 11) is 0. The summed E-state index contributed by atoms with van der Waals surface area (Å²) in [4.78, 5) is 7.30. The van der Waals surface area contributed by atoms with Gasteiger partial charge < -0.3 is 9.32 Å². The number of aliphatic imine (C=N–C) groups is 1. The lowest BCUT2D eigenvalue weighted by atomic mass is 9.90. The van der Waals surface area contributed by atoms with Gasteiger partial charge in [-0.1, -0.05) is 145 Å². The van der Waals surface area contributed by atoms with E-state index in [0.29, 0.717) is 5.02 Å². The molecule has 1 aliphatic heterocycles. The molecular weight excluding hydrogens is 692 g/mol. The number of rotatable bonds is 5. The van der Waals surface area contributed by atoms with Crippen molar-refractivity contribution in [2.24, 2.45) is 4.99 Å². The van der Waals surface area contributed by atoms with E-state index in [9.17, 15) is 0 Å². The average molecular weight is 727 g/mol. The molecule has 262 valence electrons. The number of hydrogen-bond donors (Lipinski definition) is 0. The highest BCUT2D eigenvalue weighted by Gasteiger charge is 2.30. The largest absolute Gasteiger partial charge is 0.456 e. The van der Waals surface area contributed by atoms with E-state index in [0.717, 1.165) is 106 Å². The van der Waals surface area contributed by atoms with Crippen molar-refractivity contribution in [2.75, 3.05) is 4.90 Å². The van der Waals surface area contributed by atoms with Gasteiger partial charge in [-0.25, -0.2) is 0 Å². The highest BCUT2D eigenvalue weighted by molar-refractivity contribution is 6.34. The zero-order valence-corrected chi connectivity index (χ0v) is 31.2. The van der Waals surface area contributed by atoms with Gasteiger partial charge in [0.2, 0.25) is 0 Å². The van der Waals surface area contributed by atoms with Crippen LogP contribution in [0, 0.1) is 6.92 Å². The molecule has 1 aromatic heterocycles. The molecule has 10 rings (SSSR count). The van der Waals surface area contributed by atoms with Crippen LogP contribution in [0.2, 0.25) is 5.02 Å². The summed E-state index contributed by atoms with van der Waals surface area (Å²) in [6.07, 6.45) is 0. The highest BCUT2D eigenvalue weighted by atomic mass is 35.5. The van der Waals surface area contributed by atoms with Crippen molar-refractivity contribution in [3.8, 4) is 44.5 Å². The monoisotopic (exact) mass is 726 g/mol. The maximum absolute atomic E-state index is 7.17. The third-order valence-corrected chi connectivity index (χ3v) is 11.1. The molecular formula is C51H35ClN2O. The van der Waals surface area contributed by atoms with Crippen LogP contribution in [0.25, 0.3) is 66.4 Å². The number of para-hydroxylation sites is 4. The number of anilines is 3. The van der Waals surface area contributed by atoms with E-state index in [2.05, 4.69) is 158 Å². The molecule has 4 heteroatoms. The molecule has 0 aliphatic carbocycles. The number of halogens is 1. The number of furan rings is 1. The lowest BCUT2D eigenvalue weighted by Crippen LogP contribution is -2.13. The van der Waals surface area contributed by atoms with Crippen LogP contribution >= 0.6 is 11.6 Å². The fourth-order valence-corrected chi connectivity index (χ4v) is 8.36. The number of fused-ring (bicyclic) bond motifs is 8. The van der Waals surface area contributed by atoms with E-state index in [1.807, 2.05) is 36.4 Å². The van der Waals surface area contributed by atoms with E-state index in [1.165, 1.54) is 0 Å². The Bertz CT molecular complexity index is 2970. The Labute approximate surface area is 325 Å². The van der Waals surface area contributed by atoms with E-state index in [1.54, 1.807) is 0 Å². The predicted molar refractivity (Wildman–Crippen MR) is 232 cm³/mol. The molecule has 0 saturated carbocycles. The van der Waals surface area contributed by atoms with Crippen molar-refractivity contribution in [2.45, 2.75) is 13.8 Å². The van der Waals surface area contributed by atoms with Crippen molar-refractivity contribution in [1.29, 1.82) is 0 Å². The number of benzene rings is 8. The summed E-state index contributed by atoms with van der Waals surface area (Å²) in [6.45, 7) is 4.17. The molecule has 0 fully saturated rings. The molecule has 0 radical (unpaired) electrons. The van der Waals surface area contributed by atoms with Crippen molar-refractivity contribution < 1.29 is 4.42 Å². The Morgan fingerprint density at radius 1 is 0.527 bits per heavy atom. The summed E-state index contributed by atoms with van der Waals surface area (Å²) in [5.41, 5.74) is 18.1. The second-order valence-electron chi connectivity index (χ2n) is 14.1. The van der Waals surface area contributed by atoms with Crippen molar-refractivity contribution >= 4 is 62.0 Å². The lowest BCUT2D eigenvalue weighted by Gasteiger charge is -2.30. The molecule has 8 aromatic carbocycles. The van der Waals surface area contributed by atoms with Gasteiger partial charge in [0.1, 0.15) is 11.2 Å². The van der Waals surface area contributed by atoms with Gasteiger partial charge in [0.25, 0.3) is 0 Å². The van der Waals surface area contributed by atoms with Crippen LogP contribution < -0.4 is 4.90 Å². The van der Waals surface area contributed by atoms with Gasteiger partial charge in [0.05, 0.1) is 27.8 Å². The predicted octanol–water partition coefficient (Wildman–Crippen LogP) is 15.1. The maximum atomic E-state index is 7.17. The zero-order valence-electron chi connectivity index (χ0n) is 30.4. The Morgan fingerprint density at radius 3 is 1.96 bits per heavy atom. The van der Waals surface area contributed by atoms with Crippen LogP contribution in [-0.4, -0.2) is 5.71 Å². The smallest absolute Gasteiger partial charge is 0.136 e. The Morgan fingerprint density at radius 2 is 1.15 bits per heavy atom. The molecule has 0 N–H and O–H groups in total. The first-order valence-electron chi connectivity index (χ1n) is 18.6. The Kier molecular flexibility index (Phi) is 7.97. The van der Waals surface area contributed by atoms with E-state index >= 15 is 0 Å². The summed E-state index contributed by atoms with van der Waals surface area (Å²) in [5.74, 6) is 0. The van der Waals surface area contributed by atoms with Crippen LogP contribution in [-0.2, 0) is 0 Å². The van der Waals surface area contributed by atoms with E-state index in [-0.39, 0.29) is 0 Å². The van der Waals surface area contributed by atoms with Crippen molar-refractivity contribution in [3.63, 3.8) is 0 Å². The molecule has 0 amide bonds. The molecule has 55 heavy (non-hydrogen) atoms. The molecule has 0 spiro atoms. The van der Waals surface area contributed by atoms with Gasteiger partial charge in [0, 0.05) is 33.2 Å². The molecule has 1 aliphatic rings. The summed E-state index contributed by atoms with van der Waals surface area (Å²) in [5, 5.41) is 2.87. The van der Waals surface area contributed by atoms with Crippen LogP contribution in [0.4, 0.5) is 22.7 Å². The summed E-state index contributed by atoms with van der Waals surface area (Å²) >= 11 is 7.17. The standard InChI is InChI=1S/C51H35ClN2O/c1-32-13-3-8-21-45(32)53-33(2)34-25-27-35(28-26-34)36-29-30-46-43(31-36)38-15-5-4-14-37(38)40-18-11-19-41(51(40)54(46)47-22-9-7-20-44(47)52)39-17-12-24-49-50(39)42-16-6-10-23-48(42)55-49/h3-31H,1-2H3. The fourth-order valence-electron chi connectivity index (χ4n) is 8.14. The molecule has 0 unspecified atom stereocenters. The number of aryl methyl sites for hydroxylation is 1. The highest BCUT2D eigenvalue weighted by Crippen LogP contribution is 2.56. The minimum absolute atomic E-state index is 0.675. The quantitative estimate of drug-likeness (QED) is 0.165. The van der Waals surface area contributed by atoms with Crippen molar-refractivity contribution in [3.05, 3.63) is 192 Å². The van der Waals surface area contributed by atoms with Gasteiger partial charge >= 0.3 is 0 Å². The normalized spacial score (nSPS) is 12.3. The minimum atomic E-state index is 0.675. The van der Waals surface area contributed by atoms with Crippen molar-refractivity contribution in [1.82, 2.24) is 0 Å². The average Bonchev–Trinajstić information content (AvgIpc) is 3.56. The second kappa shape index (κ2) is 13.3. The summed E-state index contributed by atoms with van der Waals surface area (Å²) < 4.78 is 6.39. The molecule has 9 aromatic rings. The maximum Gasteiger partial charge on any atom is 0.136 e.